The maximum Gasteiger partial charge on any atom is 0.220 e. The van der Waals surface area contributed by atoms with Crippen molar-refractivity contribution in [3.05, 3.63) is 35.6 Å². The van der Waals surface area contributed by atoms with Crippen LogP contribution in [0.4, 0.5) is 4.39 Å². The van der Waals surface area contributed by atoms with E-state index in [9.17, 15) is 9.18 Å². The summed E-state index contributed by atoms with van der Waals surface area (Å²) in [6.07, 6.45) is 5.78. The van der Waals surface area contributed by atoms with Crippen molar-refractivity contribution in [2.24, 2.45) is 11.7 Å². The molecule has 3 N–H and O–H groups in total. The molecule has 1 aromatic rings. The molecule has 2 aliphatic rings. The molecule has 0 radical (unpaired) electrons. The Labute approximate surface area is 125 Å². The zero-order valence-electron chi connectivity index (χ0n) is 12.3. The number of benzene rings is 1. The topological polar surface area (TPSA) is 55.1 Å². The van der Waals surface area contributed by atoms with Crippen molar-refractivity contribution >= 4 is 5.91 Å². The van der Waals surface area contributed by atoms with Gasteiger partial charge in [0.25, 0.3) is 0 Å². The average Bonchev–Trinajstić information content (AvgIpc) is 3.16. The first-order valence-electron chi connectivity index (χ1n) is 7.87. The van der Waals surface area contributed by atoms with Crippen LogP contribution in [-0.4, -0.2) is 18.5 Å². The minimum absolute atomic E-state index is 0.0461. The van der Waals surface area contributed by atoms with Crippen molar-refractivity contribution in [2.75, 3.05) is 6.54 Å². The van der Waals surface area contributed by atoms with Crippen molar-refractivity contribution in [2.45, 2.75) is 50.0 Å². The molecule has 0 aliphatic heterocycles. The van der Waals surface area contributed by atoms with E-state index < -0.39 is 0 Å². The summed E-state index contributed by atoms with van der Waals surface area (Å²) >= 11 is 0. The van der Waals surface area contributed by atoms with Crippen LogP contribution in [0.2, 0.25) is 0 Å². The Kier molecular flexibility index (Phi) is 3.98. The fourth-order valence-electron chi connectivity index (χ4n) is 3.43. The first kappa shape index (κ1) is 14.5. The summed E-state index contributed by atoms with van der Waals surface area (Å²) in [5, 5.41) is 3.03. The van der Waals surface area contributed by atoms with Gasteiger partial charge in [-0.25, -0.2) is 4.39 Å². The third kappa shape index (κ3) is 3.26. The fraction of sp³-hybridized carbons (Fsp3) is 0.588. The van der Waals surface area contributed by atoms with Gasteiger partial charge in [-0.2, -0.15) is 0 Å². The predicted molar refractivity (Wildman–Crippen MR) is 80.3 cm³/mol. The Morgan fingerprint density at radius 3 is 2.81 bits per heavy atom. The van der Waals surface area contributed by atoms with E-state index in [1.54, 1.807) is 12.1 Å². The average molecular weight is 290 g/mol. The van der Waals surface area contributed by atoms with Gasteiger partial charge in [0.1, 0.15) is 5.82 Å². The maximum absolute atomic E-state index is 13.3. The Balaban J connectivity index is 1.54. The van der Waals surface area contributed by atoms with Crippen LogP contribution < -0.4 is 11.1 Å². The van der Waals surface area contributed by atoms with Gasteiger partial charge in [0.15, 0.2) is 0 Å². The molecule has 3 rings (SSSR count). The van der Waals surface area contributed by atoms with E-state index in [1.165, 1.54) is 6.07 Å². The molecule has 2 saturated carbocycles. The van der Waals surface area contributed by atoms with Crippen LogP contribution in [0.3, 0.4) is 0 Å². The lowest BCUT2D eigenvalue weighted by molar-refractivity contribution is -0.122. The van der Waals surface area contributed by atoms with E-state index in [0.29, 0.717) is 18.9 Å². The van der Waals surface area contributed by atoms with Crippen LogP contribution in [0, 0.1) is 11.7 Å². The second kappa shape index (κ2) is 5.76. The summed E-state index contributed by atoms with van der Waals surface area (Å²) in [7, 11) is 0. The van der Waals surface area contributed by atoms with Gasteiger partial charge in [-0.3, -0.25) is 4.79 Å². The van der Waals surface area contributed by atoms with Gasteiger partial charge in [0.05, 0.1) is 0 Å². The molecule has 0 unspecified atom stereocenters. The Bertz CT molecular complexity index is 527. The molecule has 4 heteroatoms. The first-order valence-corrected chi connectivity index (χ1v) is 7.87. The quantitative estimate of drug-likeness (QED) is 0.875. The van der Waals surface area contributed by atoms with Crippen molar-refractivity contribution in [3.8, 4) is 0 Å². The molecule has 2 fully saturated rings. The summed E-state index contributed by atoms with van der Waals surface area (Å²) in [5.41, 5.74) is 6.96. The van der Waals surface area contributed by atoms with E-state index in [0.717, 1.165) is 37.7 Å². The predicted octanol–water partition coefficient (Wildman–Crippen LogP) is 2.49. The van der Waals surface area contributed by atoms with Crippen molar-refractivity contribution in [3.63, 3.8) is 0 Å². The Morgan fingerprint density at radius 1 is 1.38 bits per heavy atom. The molecule has 2 aliphatic carbocycles. The molecule has 3 nitrogen and oxygen atoms in total. The number of nitrogens with one attached hydrogen (secondary N) is 1. The highest BCUT2D eigenvalue weighted by atomic mass is 19.1. The highest BCUT2D eigenvalue weighted by Crippen LogP contribution is 2.47. The lowest BCUT2D eigenvalue weighted by atomic mass is 9.95. The molecule has 0 saturated heterocycles. The molecule has 2 atom stereocenters. The first-order chi connectivity index (χ1) is 10.1. The van der Waals surface area contributed by atoms with Crippen molar-refractivity contribution < 1.29 is 9.18 Å². The molecule has 21 heavy (non-hydrogen) atoms. The molecule has 1 amide bonds. The van der Waals surface area contributed by atoms with Gasteiger partial charge < -0.3 is 11.1 Å². The summed E-state index contributed by atoms with van der Waals surface area (Å²) in [4.78, 5) is 12.1. The summed E-state index contributed by atoms with van der Waals surface area (Å²) in [5.74, 6) is 0.205. The van der Waals surface area contributed by atoms with Crippen molar-refractivity contribution in [1.29, 1.82) is 0 Å². The number of rotatable bonds is 5. The van der Waals surface area contributed by atoms with E-state index in [4.69, 9.17) is 5.73 Å². The minimum Gasteiger partial charge on any atom is -0.355 e. The second-order valence-corrected chi connectivity index (χ2v) is 6.63. The molecule has 114 valence electrons. The molecule has 0 bridgehead atoms. The van der Waals surface area contributed by atoms with Crippen LogP contribution in [0.15, 0.2) is 24.3 Å². The van der Waals surface area contributed by atoms with Crippen LogP contribution in [0.5, 0.6) is 0 Å². The monoisotopic (exact) mass is 290 g/mol. The van der Waals surface area contributed by atoms with E-state index in [1.807, 2.05) is 6.07 Å². The smallest absolute Gasteiger partial charge is 0.220 e. The summed E-state index contributed by atoms with van der Waals surface area (Å²) in [6.45, 7) is 0.608. The summed E-state index contributed by atoms with van der Waals surface area (Å²) < 4.78 is 13.3. The molecule has 0 aromatic heterocycles. The molecule has 0 spiro atoms. The van der Waals surface area contributed by atoms with Gasteiger partial charge in [-0.15, -0.1) is 0 Å². The van der Waals surface area contributed by atoms with E-state index >= 15 is 0 Å². The minimum atomic E-state index is -0.206. The van der Waals surface area contributed by atoms with Gasteiger partial charge in [-0.05, 0) is 49.3 Å². The van der Waals surface area contributed by atoms with Crippen LogP contribution in [-0.2, 0) is 10.2 Å². The molecular formula is C17H23FN2O. The lowest BCUT2D eigenvalue weighted by Crippen LogP contribution is -2.35. The normalized spacial score (nSPS) is 26.6. The zero-order chi connectivity index (χ0) is 14.9. The van der Waals surface area contributed by atoms with Crippen LogP contribution in [0.25, 0.3) is 0 Å². The molecule has 1 aromatic carbocycles. The van der Waals surface area contributed by atoms with E-state index in [-0.39, 0.29) is 23.2 Å². The molecular weight excluding hydrogens is 267 g/mol. The number of carbonyl (C=O) groups is 1. The fourth-order valence-corrected chi connectivity index (χ4v) is 3.43. The van der Waals surface area contributed by atoms with Gasteiger partial charge in [0, 0.05) is 24.4 Å². The largest absolute Gasteiger partial charge is 0.355 e. The van der Waals surface area contributed by atoms with Gasteiger partial charge >= 0.3 is 0 Å². The third-order valence-electron chi connectivity index (χ3n) is 5.08. The zero-order valence-corrected chi connectivity index (χ0v) is 12.3. The molecule has 0 heterocycles. The number of nitrogens with two attached hydrogens (primary N) is 1. The Hall–Kier alpha value is -1.42. The second-order valence-electron chi connectivity index (χ2n) is 6.63. The third-order valence-corrected chi connectivity index (χ3v) is 5.08. The summed E-state index contributed by atoms with van der Waals surface area (Å²) in [6, 6.07) is 6.92. The highest BCUT2D eigenvalue weighted by molar-refractivity contribution is 5.76. The van der Waals surface area contributed by atoms with Crippen molar-refractivity contribution in [1.82, 2.24) is 5.32 Å². The number of amides is 1. The lowest BCUT2D eigenvalue weighted by Gasteiger charge is -2.19. The van der Waals surface area contributed by atoms with Crippen LogP contribution >= 0.6 is 0 Å². The number of hydrogen-bond acceptors (Lipinski definition) is 2. The standard InChI is InChI=1S/C17H23FN2O/c18-14-5-2-4-13(10-14)17(7-8-17)11-20-16(21)9-12-3-1-6-15(12)19/h2,4-5,10,12,15H,1,3,6-9,11,19H2,(H,20,21)/t12-,15+/m0/s1. The van der Waals surface area contributed by atoms with E-state index in [2.05, 4.69) is 5.32 Å². The van der Waals surface area contributed by atoms with Crippen LogP contribution in [0.1, 0.15) is 44.1 Å². The number of carbonyl (C=O) groups excluding carboxylic acids is 1. The Morgan fingerprint density at radius 2 is 2.19 bits per heavy atom. The number of hydrogen-bond donors (Lipinski definition) is 2. The van der Waals surface area contributed by atoms with Gasteiger partial charge in [-0.1, -0.05) is 18.6 Å². The highest BCUT2D eigenvalue weighted by Gasteiger charge is 2.44. The van der Waals surface area contributed by atoms with Gasteiger partial charge in [0.2, 0.25) is 5.91 Å². The SMILES string of the molecule is N[C@@H]1CCC[C@H]1CC(=O)NCC1(c2cccc(F)c2)CC1. The number of halogens is 1. The maximum atomic E-state index is 13.3.